The SMILES string of the molecule is CNc1[nH]c(-c2ccccc2)cc1C(N)=S. The summed E-state index contributed by atoms with van der Waals surface area (Å²) in [6, 6.07) is 12.0. The summed E-state index contributed by atoms with van der Waals surface area (Å²) in [5, 5.41) is 3.04. The molecule has 0 amide bonds. The molecular formula is C12H13N3S. The summed E-state index contributed by atoms with van der Waals surface area (Å²) in [5.41, 5.74) is 8.62. The third kappa shape index (κ3) is 1.92. The maximum atomic E-state index is 5.65. The number of aromatic nitrogens is 1. The second-order valence-corrected chi connectivity index (χ2v) is 3.89. The molecule has 0 saturated carbocycles. The fourth-order valence-corrected chi connectivity index (χ4v) is 1.78. The molecule has 0 atom stereocenters. The van der Waals surface area contributed by atoms with Crippen LogP contribution in [0.4, 0.5) is 5.82 Å². The summed E-state index contributed by atoms with van der Waals surface area (Å²) in [4.78, 5) is 3.64. The van der Waals surface area contributed by atoms with Gasteiger partial charge in [-0.05, 0) is 11.6 Å². The molecule has 0 fully saturated rings. The van der Waals surface area contributed by atoms with Gasteiger partial charge in [-0.2, -0.15) is 0 Å². The van der Waals surface area contributed by atoms with Gasteiger partial charge in [0.1, 0.15) is 10.8 Å². The Labute approximate surface area is 99.7 Å². The molecule has 0 radical (unpaired) electrons. The number of benzene rings is 1. The predicted molar refractivity (Wildman–Crippen MR) is 71.7 cm³/mol. The quantitative estimate of drug-likeness (QED) is 0.711. The van der Waals surface area contributed by atoms with Gasteiger partial charge in [0, 0.05) is 12.7 Å². The van der Waals surface area contributed by atoms with E-state index < -0.39 is 0 Å². The summed E-state index contributed by atoms with van der Waals surface area (Å²) in [6.45, 7) is 0. The Hall–Kier alpha value is -1.81. The molecule has 0 unspecified atom stereocenters. The topological polar surface area (TPSA) is 53.8 Å². The van der Waals surface area contributed by atoms with Gasteiger partial charge in [-0.15, -0.1) is 0 Å². The first-order chi connectivity index (χ1) is 7.72. The number of aromatic amines is 1. The van der Waals surface area contributed by atoms with Gasteiger partial charge in [-0.25, -0.2) is 0 Å². The van der Waals surface area contributed by atoms with E-state index in [9.17, 15) is 0 Å². The number of nitrogens with one attached hydrogen (secondary N) is 2. The van der Waals surface area contributed by atoms with Crippen molar-refractivity contribution in [1.82, 2.24) is 4.98 Å². The lowest BCUT2D eigenvalue weighted by atomic mass is 10.1. The molecule has 4 heteroatoms. The van der Waals surface area contributed by atoms with Crippen LogP contribution in [0.1, 0.15) is 5.56 Å². The van der Waals surface area contributed by atoms with Gasteiger partial charge in [-0.1, -0.05) is 42.5 Å². The largest absolute Gasteiger partial charge is 0.389 e. The molecule has 1 heterocycles. The summed E-state index contributed by atoms with van der Waals surface area (Å²) in [5.74, 6) is 0.853. The Bertz CT molecular complexity index is 502. The zero-order chi connectivity index (χ0) is 11.5. The van der Waals surface area contributed by atoms with Crippen molar-refractivity contribution in [3.8, 4) is 11.3 Å². The van der Waals surface area contributed by atoms with Gasteiger partial charge in [0.15, 0.2) is 0 Å². The lowest BCUT2D eigenvalue weighted by Gasteiger charge is -1.99. The number of rotatable bonds is 3. The van der Waals surface area contributed by atoms with Crippen molar-refractivity contribution in [2.45, 2.75) is 0 Å². The van der Waals surface area contributed by atoms with Crippen molar-refractivity contribution in [2.75, 3.05) is 12.4 Å². The fraction of sp³-hybridized carbons (Fsp3) is 0.0833. The zero-order valence-corrected chi connectivity index (χ0v) is 9.77. The Balaban J connectivity index is 2.48. The molecule has 0 spiro atoms. The van der Waals surface area contributed by atoms with E-state index in [0.29, 0.717) is 4.99 Å². The average Bonchev–Trinajstić information content (AvgIpc) is 2.74. The van der Waals surface area contributed by atoms with Gasteiger partial charge in [-0.3, -0.25) is 0 Å². The maximum Gasteiger partial charge on any atom is 0.113 e. The van der Waals surface area contributed by atoms with Gasteiger partial charge >= 0.3 is 0 Å². The second-order valence-electron chi connectivity index (χ2n) is 3.45. The lowest BCUT2D eigenvalue weighted by molar-refractivity contribution is 1.34. The van der Waals surface area contributed by atoms with Gasteiger partial charge < -0.3 is 16.0 Å². The summed E-state index contributed by atoms with van der Waals surface area (Å²) in [7, 11) is 1.84. The van der Waals surface area contributed by atoms with Crippen LogP contribution in [0.15, 0.2) is 36.4 Å². The van der Waals surface area contributed by atoms with Crippen molar-refractivity contribution >= 4 is 23.0 Å². The molecule has 1 aromatic heterocycles. The van der Waals surface area contributed by atoms with E-state index in [1.807, 2.05) is 43.4 Å². The molecular weight excluding hydrogens is 218 g/mol. The molecule has 2 rings (SSSR count). The summed E-state index contributed by atoms with van der Waals surface area (Å²) >= 11 is 5.00. The van der Waals surface area contributed by atoms with E-state index in [0.717, 1.165) is 22.6 Å². The van der Waals surface area contributed by atoms with Crippen molar-refractivity contribution in [3.63, 3.8) is 0 Å². The van der Waals surface area contributed by atoms with Crippen molar-refractivity contribution in [3.05, 3.63) is 42.0 Å². The maximum absolute atomic E-state index is 5.65. The Kier molecular flexibility index (Phi) is 2.92. The van der Waals surface area contributed by atoms with Crippen LogP contribution in [0.3, 0.4) is 0 Å². The minimum Gasteiger partial charge on any atom is -0.389 e. The van der Waals surface area contributed by atoms with Crippen LogP contribution in [0.5, 0.6) is 0 Å². The van der Waals surface area contributed by atoms with Crippen LogP contribution >= 0.6 is 12.2 Å². The van der Waals surface area contributed by atoms with Crippen LogP contribution in [0.25, 0.3) is 11.3 Å². The first kappa shape index (κ1) is 10.7. The molecule has 3 nitrogen and oxygen atoms in total. The van der Waals surface area contributed by atoms with Crippen molar-refractivity contribution < 1.29 is 0 Å². The lowest BCUT2D eigenvalue weighted by Crippen LogP contribution is -2.10. The highest BCUT2D eigenvalue weighted by Crippen LogP contribution is 2.24. The number of nitrogens with two attached hydrogens (primary N) is 1. The Morgan fingerprint density at radius 2 is 2.00 bits per heavy atom. The van der Waals surface area contributed by atoms with Crippen molar-refractivity contribution in [1.29, 1.82) is 0 Å². The van der Waals surface area contributed by atoms with E-state index >= 15 is 0 Å². The van der Waals surface area contributed by atoms with Crippen LogP contribution in [0.2, 0.25) is 0 Å². The minimum absolute atomic E-state index is 0.391. The van der Waals surface area contributed by atoms with Crippen LogP contribution in [0, 0.1) is 0 Å². The number of hydrogen-bond donors (Lipinski definition) is 3. The molecule has 0 bridgehead atoms. The first-order valence-corrected chi connectivity index (χ1v) is 5.39. The third-order valence-corrected chi connectivity index (χ3v) is 2.64. The van der Waals surface area contributed by atoms with Gasteiger partial charge in [0.05, 0.1) is 5.56 Å². The smallest absolute Gasteiger partial charge is 0.113 e. The van der Waals surface area contributed by atoms with Crippen LogP contribution in [-0.2, 0) is 0 Å². The first-order valence-electron chi connectivity index (χ1n) is 4.98. The molecule has 0 aliphatic rings. The fourth-order valence-electron chi connectivity index (χ4n) is 1.62. The van der Waals surface area contributed by atoms with E-state index in [1.54, 1.807) is 0 Å². The third-order valence-electron chi connectivity index (χ3n) is 2.42. The molecule has 1 aromatic carbocycles. The van der Waals surface area contributed by atoms with E-state index in [1.165, 1.54) is 0 Å². The molecule has 4 N–H and O–H groups in total. The van der Waals surface area contributed by atoms with Crippen LogP contribution in [-0.4, -0.2) is 17.0 Å². The summed E-state index contributed by atoms with van der Waals surface area (Å²) < 4.78 is 0. The molecule has 0 saturated heterocycles. The zero-order valence-electron chi connectivity index (χ0n) is 8.95. The molecule has 0 aliphatic heterocycles. The highest BCUT2D eigenvalue weighted by molar-refractivity contribution is 7.80. The summed E-state index contributed by atoms with van der Waals surface area (Å²) in [6.07, 6.45) is 0. The number of thiocarbonyl (C=S) groups is 1. The Morgan fingerprint density at radius 1 is 1.31 bits per heavy atom. The molecule has 0 aliphatic carbocycles. The highest BCUT2D eigenvalue weighted by Gasteiger charge is 2.09. The second kappa shape index (κ2) is 4.37. The van der Waals surface area contributed by atoms with Crippen molar-refractivity contribution in [2.24, 2.45) is 5.73 Å². The normalized spacial score (nSPS) is 10.1. The Morgan fingerprint density at radius 3 is 2.50 bits per heavy atom. The predicted octanol–water partition coefficient (Wildman–Crippen LogP) is 2.36. The van der Waals surface area contributed by atoms with Gasteiger partial charge in [0.2, 0.25) is 0 Å². The monoisotopic (exact) mass is 231 g/mol. The van der Waals surface area contributed by atoms with Crippen LogP contribution < -0.4 is 11.1 Å². The number of H-pyrrole nitrogens is 1. The highest BCUT2D eigenvalue weighted by atomic mass is 32.1. The van der Waals surface area contributed by atoms with E-state index in [4.69, 9.17) is 18.0 Å². The van der Waals surface area contributed by atoms with E-state index in [-0.39, 0.29) is 0 Å². The minimum atomic E-state index is 0.391. The molecule has 82 valence electrons. The average molecular weight is 231 g/mol. The molecule has 2 aromatic rings. The number of hydrogen-bond acceptors (Lipinski definition) is 2. The van der Waals surface area contributed by atoms with E-state index in [2.05, 4.69) is 10.3 Å². The van der Waals surface area contributed by atoms with Gasteiger partial charge in [0.25, 0.3) is 0 Å². The number of anilines is 1. The standard InChI is InChI=1S/C12H13N3S/c1-14-12-9(11(13)16)7-10(15-12)8-5-3-2-4-6-8/h2-7,14-15H,1H3,(H2,13,16). The molecule has 16 heavy (non-hydrogen) atoms.